The molecule has 20 heavy (non-hydrogen) atoms. The molecular weight excluding hydrogens is 301 g/mol. The molecule has 0 fully saturated rings. The first kappa shape index (κ1) is 16.3. The Morgan fingerprint density at radius 1 is 1.55 bits per heavy atom. The van der Waals surface area contributed by atoms with Gasteiger partial charge in [-0.3, -0.25) is 4.79 Å². The summed E-state index contributed by atoms with van der Waals surface area (Å²) >= 11 is 11.7. The van der Waals surface area contributed by atoms with Crippen LogP contribution in [0.5, 0.6) is 0 Å². The highest BCUT2D eigenvalue weighted by Gasteiger charge is 2.11. The van der Waals surface area contributed by atoms with Crippen molar-refractivity contribution in [1.82, 2.24) is 5.32 Å². The van der Waals surface area contributed by atoms with Crippen LogP contribution in [0.15, 0.2) is 30.0 Å². The van der Waals surface area contributed by atoms with Crippen LogP contribution in [-0.2, 0) is 4.79 Å². The van der Waals surface area contributed by atoms with Crippen molar-refractivity contribution in [2.45, 2.75) is 13.0 Å². The van der Waals surface area contributed by atoms with Crippen LogP contribution < -0.4 is 10.6 Å². The maximum absolute atomic E-state index is 11.9. The van der Waals surface area contributed by atoms with Crippen molar-refractivity contribution in [3.8, 4) is 6.07 Å². The van der Waals surface area contributed by atoms with Gasteiger partial charge < -0.3 is 15.7 Å². The Balaban J connectivity index is 2.78. The molecule has 1 unspecified atom stereocenters. The molecule has 0 saturated heterocycles. The van der Waals surface area contributed by atoms with Gasteiger partial charge in [0.2, 0.25) is 0 Å². The SMILES string of the molecule is CC(O)CN/C=C(/C#N)C(=O)Nc1cc(Cl)ccc1Cl. The third-order valence-corrected chi connectivity index (χ3v) is 2.77. The summed E-state index contributed by atoms with van der Waals surface area (Å²) in [5, 5.41) is 23.9. The van der Waals surface area contributed by atoms with Crippen LogP contribution >= 0.6 is 23.2 Å². The maximum atomic E-state index is 11.9. The number of amides is 1. The Kier molecular flexibility index (Phi) is 6.32. The molecular formula is C13H13Cl2N3O2. The van der Waals surface area contributed by atoms with E-state index >= 15 is 0 Å². The second-order valence-corrected chi connectivity index (χ2v) is 4.85. The number of anilines is 1. The van der Waals surface area contributed by atoms with Crippen molar-refractivity contribution in [3.63, 3.8) is 0 Å². The Labute approximate surface area is 126 Å². The van der Waals surface area contributed by atoms with Gasteiger partial charge in [-0.25, -0.2) is 0 Å². The zero-order valence-corrected chi connectivity index (χ0v) is 12.2. The van der Waals surface area contributed by atoms with Gasteiger partial charge in [-0.05, 0) is 25.1 Å². The van der Waals surface area contributed by atoms with E-state index in [2.05, 4.69) is 10.6 Å². The van der Waals surface area contributed by atoms with Crippen LogP contribution in [0.25, 0.3) is 0 Å². The number of hydrogen-bond acceptors (Lipinski definition) is 4. The van der Waals surface area contributed by atoms with E-state index in [1.54, 1.807) is 25.1 Å². The molecule has 7 heteroatoms. The summed E-state index contributed by atoms with van der Waals surface area (Å²) in [5.41, 5.74) is 0.183. The Morgan fingerprint density at radius 3 is 2.85 bits per heavy atom. The molecule has 1 aromatic rings. The van der Waals surface area contributed by atoms with Gasteiger partial charge in [-0.15, -0.1) is 0 Å². The highest BCUT2D eigenvalue weighted by molar-refractivity contribution is 6.35. The average molecular weight is 314 g/mol. The number of aliphatic hydroxyl groups excluding tert-OH is 1. The minimum Gasteiger partial charge on any atom is -0.392 e. The lowest BCUT2D eigenvalue weighted by Crippen LogP contribution is -2.22. The lowest BCUT2D eigenvalue weighted by molar-refractivity contribution is -0.112. The van der Waals surface area contributed by atoms with E-state index < -0.39 is 12.0 Å². The van der Waals surface area contributed by atoms with E-state index in [0.29, 0.717) is 15.7 Å². The second-order valence-electron chi connectivity index (χ2n) is 4.01. The molecule has 0 aliphatic heterocycles. The molecule has 0 radical (unpaired) electrons. The van der Waals surface area contributed by atoms with Crippen LogP contribution in [-0.4, -0.2) is 23.7 Å². The summed E-state index contributed by atoms with van der Waals surface area (Å²) in [4.78, 5) is 11.9. The van der Waals surface area contributed by atoms with Crippen LogP contribution in [0.2, 0.25) is 10.0 Å². The molecule has 0 saturated carbocycles. The first-order chi connectivity index (χ1) is 9.43. The predicted molar refractivity (Wildman–Crippen MR) is 78.5 cm³/mol. The quantitative estimate of drug-likeness (QED) is 0.575. The van der Waals surface area contributed by atoms with Gasteiger partial charge in [0.15, 0.2) is 0 Å². The minimum atomic E-state index is -0.616. The molecule has 0 aliphatic rings. The Bertz CT molecular complexity index is 565. The fourth-order valence-corrected chi connectivity index (χ4v) is 1.60. The van der Waals surface area contributed by atoms with E-state index in [-0.39, 0.29) is 12.1 Å². The molecule has 3 N–H and O–H groups in total. The summed E-state index contributed by atoms with van der Waals surface area (Å²) in [6, 6.07) is 6.38. The van der Waals surface area contributed by atoms with Crippen LogP contribution in [0.3, 0.4) is 0 Å². The number of nitriles is 1. The largest absolute Gasteiger partial charge is 0.392 e. The topological polar surface area (TPSA) is 85.2 Å². The normalized spacial score (nSPS) is 12.4. The van der Waals surface area contributed by atoms with Crippen LogP contribution in [0.4, 0.5) is 5.69 Å². The molecule has 0 bridgehead atoms. The lowest BCUT2D eigenvalue weighted by atomic mass is 10.2. The van der Waals surface area contributed by atoms with Gasteiger partial charge >= 0.3 is 0 Å². The molecule has 1 amide bonds. The fraction of sp³-hybridized carbons (Fsp3) is 0.231. The maximum Gasteiger partial charge on any atom is 0.267 e. The monoisotopic (exact) mass is 313 g/mol. The molecule has 1 atom stereocenters. The Morgan fingerprint density at radius 2 is 2.25 bits per heavy atom. The van der Waals surface area contributed by atoms with Crippen molar-refractivity contribution in [2.75, 3.05) is 11.9 Å². The highest BCUT2D eigenvalue weighted by atomic mass is 35.5. The first-order valence-electron chi connectivity index (χ1n) is 5.72. The number of aliphatic hydroxyl groups is 1. The number of nitrogens with zero attached hydrogens (tertiary/aromatic N) is 1. The van der Waals surface area contributed by atoms with Crippen molar-refractivity contribution < 1.29 is 9.90 Å². The molecule has 1 rings (SSSR count). The molecule has 0 aromatic heterocycles. The van der Waals surface area contributed by atoms with E-state index in [4.69, 9.17) is 33.6 Å². The smallest absolute Gasteiger partial charge is 0.267 e. The Hall–Kier alpha value is -1.74. The molecule has 0 heterocycles. The van der Waals surface area contributed by atoms with Gasteiger partial charge in [-0.1, -0.05) is 23.2 Å². The minimum absolute atomic E-state index is 0.137. The number of rotatable bonds is 5. The van der Waals surface area contributed by atoms with E-state index in [9.17, 15) is 4.79 Å². The van der Waals surface area contributed by atoms with Crippen molar-refractivity contribution in [1.29, 1.82) is 5.26 Å². The van der Waals surface area contributed by atoms with Gasteiger partial charge in [0.05, 0.1) is 16.8 Å². The van der Waals surface area contributed by atoms with Gasteiger partial charge in [0.1, 0.15) is 11.6 Å². The molecule has 1 aromatic carbocycles. The van der Waals surface area contributed by atoms with Gasteiger partial charge in [0.25, 0.3) is 5.91 Å². The van der Waals surface area contributed by atoms with Crippen molar-refractivity contribution >= 4 is 34.8 Å². The third-order valence-electron chi connectivity index (χ3n) is 2.20. The highest BCUT2D eigenvalue weighted by Crippen LogP contribution is 2.25. The molecule has 0 aliphatic carbocycles. The molecule has 106 valence electrons. The van der Waals surface area contributed by atoms with E-state index in [0.717, 1.165) is 0 Å². The van der Waals surface area contributed by atoms with E-state index in [1.165, 1.54) is 12.3 Å². The van der Waals surface area contributed by atoms with Crippen LogP contribution in [0, 0.1) is 11.3 Å². The second kappa shape index (κ2) is 7.75. The number of halogens is 2. The number of carbonyl (C=O) groups excluding carboxylic acids is 1. The van der Waals surface area contributed by atoms with Gasteiger partial charge in [-0.2, -0.15) is 5.26 Å². The zero-order valence-electron chi connectivity index (χ0n) is 10.7. The van der Waals surface area contributed by atoms with Gasteiger partial charge in [0, 0.05) is 17.8 Å². The van der Waals surface area contributed by atoms with E-state index in [1.807, 2.05) is 0 Å². The standard InChI is InChI=1S/C13H13Cl2N3O2/c1-8(19)6-17-7-9(5-16)13(20)18-12-4-10(14)2-3-11(12)15/h2-4,7-8,17,19H,6H2,1H3,(H,18,20)/b9-7-. The number of carbonyl (C=O) groups is 1. The van der Waals surface area contributed by atoms with Crippen molar-refractivity contribution in [2.24, 2.45) is 0 Å². The number of hydrogen-bond donors (Lipinski definition) is 3. The average Bonchev–Trinajstić information content (AvgIpc) is 2.38. The number of benzene rings is 1. The fourth-order valence-electron chi connectivity index (χ4n) is 1.26. The van der Waals surface area contributed by atoms with Crippen molar-refractivity contribution in [3.05, 3.63) is 40.0 Å². The molecule has 5 nitrogen and oxygen atoms in total. The summed E-state index contributed by atoms with van der Waals surface area (Å²) in [6.45, 7) is 1.81. The summed E-state index contributed by atoms with van der Waals surface area (Å²) in [5.74, 6) is -0.616. The first-order valence-corrected chi connectivity index (χ1v) is 6.47. The summed E-state index contributed by atoms with van der Waals surface area (Å²) in [6.07, 6.45) is 0.650. The van der Waals surface area contributed by atoms with Crippen LogP contribution in [0.1, 0.15) is 6.92 Å². The lowest BCUT2D eigenvalue weighted by Gasteiger charge is -2.08. The zero-order chi connectivity index (χ0) is 15.1. The number of nitrogens with one attached hydrogen (secondary N) is 2. The third kappa shape index (κ3) is 5.10. The predicted octanol–water partition coefficient (Wildman–Crippen LogP) is 2.31. The summed E-state index contributed by atoms with van der Waals surface area (Å²) in [7, 11) is 0. The molecule has 0 spiro atoms. The summed E-state index contributed by atoms with van der Waals surface area (Å²) < 4.78 is 0.